The lowest BCUT2D eigenvalue weighted by Gasteiger charge is -2.16. The summed E-state index contributed by atoms with van der Waals surface area (Å²) in [5, 5.41) is 8.33. The van der Waals surface area contributed by atoms with E-state index in [1.807, 2.05) is 30.3 Å². The highest BCUT2D eigenvalue weighted by atomic mass is 16.2. The summed E-state index contributed by atoms with van der Waals surface area (Å²) in [6, 6.07) is 9.30. The van der Waals surface area contributed by atoms with E-state index < -0.39 is 0 Å². The van der Waals surface area contributed by atoms with Gasteiger partial charge in [0.05, 0.1) is 6.54 Å². The van der Waals surface area contributed by atoms with Gasteiger partial charge in [-0.3, -0.25) is 4.79 Å². The molecule has 0 atom stereocenters. The first-order valence-electron chi connectivity index (χ1n) is 6.47. The van der Waals surface area contributed by atoms with Crippen LogP contribution in [0.2, 0.25) is 0 Å². The van der Waals surface area contributed by atoms with Crippen LogP contribution in [0.4, 0.5) is 0 Å². The molecule has 0 N–H and O–H groups in total. The predicted octanol–water partition coefficient (Wildman–Crippen LogP) is 1.50. The Morgan fingerprint density at radius 1 is 1.32 bits per heavy atom. The molecule has 0 fully saturated rings. The van der Waals surface area contributed by atoms with Gasteiger partial charge in [-0.05, 0) is 18.6 Å². The fourth-order valence-corrected chi connectivity index (χ4v) is 2.41. The molecule has 2 aromatic rings. The van der Waals surface area contributed by atoms with E-state index in [0.29, 0.717) is 12.1 Å². The molecule has 1 aliphatic rings. The van der Waals surface area contributed by atoms with E-state index in [-0.39, 0.29) is 5.91 Å². The van der Waals surface area contributed by atoms with Gasteiger partial charge < -0.3 is 9.47 Å². The second-order valence-corrected chi connectivity index (χ2v) is 4.81. The number of carbonyl (C=O) groups is 1. The molecular weight excluding hydrogens is 240 g/mol. The number of nitrogens with zero attached hydrogens (tertiary/aromatic N) is 4. The van der Waals surface area contributed by atoms with Gasteiger partial charge in [-0.15, -0.1) is 10.2 Å². The lowest BCUT2D eigenvalue weighted by molar-refractivity contribution is 0.0780. The molecule has 0 spiro atoms. The second kappa shape index (κ2) is 4.84. The Kier molecular flexibility index (Phi) is 3.03. The quantitative estimate of drug-likeness (QED) is 0.836. The van der Waals surface area contributed by atoms with Crippen LogP contribution in [0.15, 0.2) is 30.3 Å². The SMILES string of the molecule is CN(Cc1nnc2n1CCC2)C(=O)c1ccccc1. The molecule has 0 unspecified atom stereocenters. The average molecular weight is 256 g/mol. The Labute approximate surface area is 111 Å². The zero-order chi connectivity index (χ0) is 13.2. The molecule has 0 bridgehead atoms. The van der Waals surface area contributed by atoms with Gasteiger partial charge in [-0.25, -0.2) is 0 Å². The van der Waals surface area contributed by atoms with Gasteiger partial charge in [-0.1, -0.05) is 18.2 Å². The van der Waals surface area contributed by atoms with Crippen LogP contribution in [0.5, 0.6) is 0 Å². The summed E-state index contributed by atoms with van der Waals surface area (Å²) in [6.45, 7) is 1.46. The van der Waals surface area contributed by atoms with Gasteiger partial charge in [0.2, 0.25) is 0 Å². The van der Waals surface area contributed by atoms with E-state index in [2.05, 4.69) is 14.8 Å². The predicted molar refractivity (Wildman–Crippen MR) is 70.6 cm³/mol. The summed E-state index contributed by atoms with van der Waals surface area (Å²) in [5.41, 5.74) is 0.700. The molecule has 1 aromatic heterocycles. The van der Waals surface area contributed by atoms with E-state index in [4.69, 9.17) is 0 Å². The molecule has 0 aliphatic carbocycles. The molecule has 1 amide bonds. The first kappa shape index (κ1) is 11.9. The fourth-order valence-electron chi connectivity index (χ4n) is 2.41. The van der Waals surface area contributed by atoms with Crippen molar-refractivity contribution in [3.05, 3.63) is 47.5 Å². The van der Waals surface area contributed by atoms with E-state index in [9.17, 15) is 4.79 Å². The van der Waals surface area contributed by atoms with Crippen molar-refractivity contribution in [2.24, 2.45) is 0 Å². The van der Waals surface area contributed by atoms with Crippen molar-refractivity contribution in [1.29, 1.82) is 0 Å². The number of benzene rings is 1. The number of hydrogen-bond acceptors (Lipinski definition) is 3. The molecule has 98 valence electrons. The first-order chi connectivity index (χ1) is 9.25. The van der Waals surface area contributed by atoms with E-state index in [0.717, 1.165) is 31.0 Å². The van der Waals surface area contributed by atoms with Crippen LogP contribution in [-0.4, -0.2) is 32.6 Å². The Morgan fingerprint density at radius 3 is 2.89 bits per heavy atom. The van der Waals surface area contributed by atoms with Crippen molar-refractivity contribution in [3.63, 3.8) is 0 Å². The first-order valence-corrected chi connectivity index (χ1v) is 6.47. The lowest BCUT2D eigenvalue weighted by Crippen LogP contribution is -2.27. The summed E-state index contributed by atoms with van der Waals surface area (Å²) < 4.78 is 2.12. The van der Waals surface area contributed by atoms with Crippen molar-refractivity contribution in [2.45, 2.75) is 25.9 Å². The third-order valence-corrected chi connectivity index (χ3v) is 3.43. The van der Waals surface area contributed by atoms with Crippen molar-refractivity contribution in [2.75, 3.05) is 7.05 Å². The number of rotatable bonds is 3. The van der Waals surface area contributed by atoms with Crippen molar-refractivity contribution in [3.8, 4) is 0 Å². The van der Waals surface area contributed by atoms with E-state index in [1.165, 1.54) is 0 Å². The Balaban J connectivity index is 1.74. The molecule has 0 saturated carbocycles. The summed E-state index contributed by atoms with van der Waals surface area (Å²) in [5.74, 6) is 1.92. The van der Waals surface area contributed by atoms with Crippen LogP contribution in [0.25, 0.3) is 0 Å². The third kappa shape index (κ3) is 2.23. The fraction of sp³-hybridized carbons (Fsp3) is 0.357. The zero-order valence-corrected chi connectivity index (χ0v) is 10.9. The minimum absolute atomic E-state index is 0.0101. The van der Waals surface area contributed by atoms with E-state index in [1.54, 1.807) is 11.9 Å². The molecule has 3 rings (SSSR count). The molecular formula is C14H16N4O. The van der Waals surface area contributed by atoms with Gasteiger partial charge in [-0.2, -0.15) is 0 Å². The Morgan fingerprint density at radius 2 is 2.11 bits per heavy atom. The number of aryl methyl sites for hydroxylation is 1. The zero-order valence-electron chi connectivity index (χ0n) is 10.9. The number of amides is 1. The summed E-state index contributed by atoms with van der Waals surface area (Å²) in [4.78, 5) is 13.9. The highest BCUT2D eigenvalue weighted by Crippen LogP contribution is 2.15. The van der Waals surface area contributed by atoms with Gasteiger partial charge in [0.1, 0.15) is 5.82 Å². The van der Waals surface area contributed by atoms with Gasteiger partial charge >= 0.3 is 0 Å². The lowest BCUT2D eigenvalue weighted by atomic mass is 10.2. The monoisotopic (exact) mass is 256 g/mol. The summed E-state index contributed by atoms with van der Waals surface area (Å²) in [6.07, 6.45) is 2.11. The standard InChI is InChI=1S/C14H16N4O/c1-17(14(19)11-6-3-2-4-7-11)10-13-16-15-12-8-5-9-18(12)13/h2-4,6-7H,5,8-10H2,1H3. The van der Waals surface area contributed by atoms with Crippen LogP contribution in [0, 0.1) is 0 Å². The van der Waals surface area contributed by atoms with Crippen LogP contribution >= 0.6 is 0 Å². The minimum Gasteiger partial charge on any atom is -0.334 e. The maximum atomic E-state index is 12.2. The Bertz CT molecular complexity index is 591. The molecule has 1 aliphatic heterocycles. The second-order valence-electron chi connectivity index (χ2n) is 4.81. The molecule has 5 heteroatoms. The largest absolute Gasteiger partial charge is 0.334 e. The van der Waals surface area contributed by atoms with Crippen LogP contribution in [0.1, 0.15) is 28.4 Å². The van der Waals surface area contributed by atoms with Crippen molar-refractivity contribution < 1.29 is 4.79 Å². The smallest absolute Gasteiger partial charge is 0.254 e. The number of aromatic nitrogens is 3. The number of fused-ring (bicyclic) bond motifs is 1. The van der Waals surface area contributed by atoms with Crippen LogP contribution in [0.3, 0.4) is 0 Å². The topological polar surface area (TPSA) is 51.0 Å². The Hall–Kier alpha value is -2.17. The van der Waals surface area contributed by atoms with Gasteiger partial charge in [0.25, 0.3) is 5.91 Å². The molecule has 1 aromatic carbocycles. The van der Waals surface area contributed by atoms with Crippen LogP contribution in [-0.2, 0) is 19.5 Å². The normalized spacial score (nSPS) is 13.3. The number of carbonyl (C=O) groups excluding carboxylic acids is 1. The van der Waals surface area contributed by atoms with Crippen molar-refractivity contribution in [1.82, 2.24) is 19.7 Å². The highest BCUT2D eigenvalue weighted by molar-refractivity contribution is 5.93. The average Bonchev–Trinajstić information content (AvgIpc) is 3.04. The molecule has 2 heterocycles. The molecule has 0 saturated heterocycles. The summed E-state index contributed by atoms with van der Waals surface area (Å²) in [7, 11) is 1.80. The van der Waals surface area contributed by atoms with Crippen molar-refractivity contribution >= 4 is 5.91 Å². The molecule has 19 heavy (non-hydrogen) atoms. The minimum atomic E-state index is 0.0101. The van der Waals surface area contributed by atoms with Crippen LogP contribution < -0.4 is 0 Å². The summed E-state index contributed by atoms with van der Waals surface area (Å²) >= 11 is 0. The van der Waals surface area contributed by atoms with Gasteiger partial charge in [0, 0.05) is 25.6 Å². The van der Waals surface area contributed by atoms with Gasteiger partial charge in [0.15, 0.2) is 5.82 Å². The number of hydrogen-bond donors (Lipinski definition) is 0. The maximum Gasteiger partial charge on any atom is 0.254 e. The maximum absolute atomic E-state index is 12.2. The third-order valence-electron chi connectivity index (χ3n) is 3.43. The van der Waals surface area contributed by atoms with E-state index >= 15 is 0 Å². The molecule has 0 radical (unpaired) electrons. The highest BCUT2D eigenvalue weighted by Gasteiger charge is 2.20. The molecule has 5 nitrogen and oxygen atoms in total.